The van der Waals surface area contributed by atoms with Crippen molar-refractivity contribution >= 4 is 11.9 Å². The number of hydrogen-bond acceptors (Lipinski definition) is 4. The lowest BCUT2D eigenvalue weighted by molar-refractivity contribution is -0.130. The van der Waals surface area contributed by atoms with E-state index in [1.807, 2.05) is 11.5 Å². The van der Waals surface area contributed by atoms with Crippen LogP contribution >= 0.6 is 0 Å². The van der Waals surface area contributed by atoms with Gasteiger partial charge in [-0.2, -0.15) is 0 Å². The summed E-state index contributed by atoms with van der Waals surface area (Å²) in [6.45, 7) is 2.71. The van der Waals surface area contributed by atoms with E-state index < -0.39 is 6.10 Å². The molecule has 0 saturated heterocycles. The third kappa shape index (κ3) is 3.66. The van der Waals surface area contributed by atoms with E-state index in [2.05, 4.69) is 15.5 Å². The number of rotatable bonds is 4. The summed E-state index contributed by atoms with van der Waals surface area (Å²) in [6, 6.07) is 0. The second kappa shape index (κ2) is 7.22. The number of carbonyl (C=O) groups excluding carboxylic acids is 1. The number of hydrogen-bond donors (Lipinski definition) is 1. The van der Waals surface area contributed by atoms with Gasteiger partial charge in [-0.15, -0.1) is 10.2 Å². The Hall–Kier alpha value is -1.43. The number of nitrogens with zero attached hydrogens (tertiary/aromatic N) is 3. The van der Waals surface area contributed by atoms with Crippen LogP contribution in [0.5, 0.6) is 0 Å². The maximum Gasteiger partial charge on any atom is 0.255 e. The van der Waals surface area contributed by atoms with Crippen molar-refractivity contribution in [1.29, 1.82) is 0 Å². The molecule has 2 aliphatic rings. The summed E-state index contributed by atoms with van der Waals surface area (Å²) in [5.41, 5.74) is 0. The molecule has 1 fully saturated rings. The molecule has 0 radical (unpaired) electrons. The third-order valence-electron chi connectivity index (χ3n) is 4.66. The molecule has 0 bridgehead atoms. The first kappa shape index (κ1) is 15.5. The van der Waals surface area contributed by atoms with Gasteiger partial charge in [0, 0.05) is 13.0 Å². The Morgan fingerprint density at radius 3 is 2.73 bits per heavy atom. The molecule has 0 spiro atoms. The molecule has 122 valence electrons. The van der Waals surface area contributed by atoms with Gasteiger partial charge in [0.15, 0.2) is 0 Å². The highest BCUT2D eigenvalue weighted by Crippen LogP contribution is 2.22. The lowest BCUT2D eigenvalue weighted by Gasteiger charge is -2.21. The average molecular weight is 306 g/mol. The minimum absolute atomic E-state index is 0.120. The van der Waals surface area contributed by atoms with E-state index in [0.717, 1.165) is 44.5 Å². The molecule has 1 amide bonds. The van der Waals surface area contributed by atoms with E-state index in [0.29, 0.717) is 5.95 Å². The molecule has 0 unspecified atom stereocenters. The number of carbonyl (C=O) groups is 1. The number of nitrogens with one attached hydrogen (secondary N) is 1. The standard InChI is InChI=1S/C16H26N4O2/c1-12(22-13-8-4-2-3-5-9-13)15(21)17-16-19-18-14-10-6-7-11-20(14)16/h12-13H,2-11H2,1H3,(H,17,19,21)/t12-/m1/s1. The van der Waals surface area contributed by atoms with E-state index in [4.69, 9.17) is 4.74 Å². The summed E-state index contributed by atoms with van der Waals surface area (Å²) < 4.78 is 7.97. The Balaban J connectivity index is 1.55. The van der Waals surface area contributed by atoms with Crippen LogP contribution in [0, 0.1) is 0 Å². The number of fused-ring (bicyclic) bond motifs is 1. The van der Waals surface area contributed by atoms with Crippen LogP contribution in [0.25, 0.3) is 0 Å². The van der Waals surface area contributed by atoms with Crippen molar-refractivity contribution in [3.05, 3.63) is 5.82 Å². The molecule has 1 aliphatic carbocycles. The topological polar surface area (TPSA) is 69.0 Å². The fourth-order valence-electron chi connectivity index (χ4n) is 3.34. The summed E-state index contributed by atoms with van der Waals surface area (Å²) in [6.07, 6.45) is 10.1. The Labute approximate surface area is 131 Å². The van der Waals surface area contributed by atoms with Gasteiger partial charge in [-0.1, -0.05) is 25.7 Å². The third-order valence-corrected chi connectivity index (χ3v) is 4.66. The number of aromatic nitrogens is 3. The number of ether oxygens (including phenoxy) is 1. The van der Waals surface area contributed by atoms with Gasteiger partial charge in [-0.25, -0.2) is 0 Å². The molecule has 6 heteroatoms. The zero-order valence-corrected chi connectivity index (χ0v) is 13.4. The maximum atomic E-state index is 12.3. The Morgan fingerprint density at radius 1 is 1.18 bits per heavy atom. The van der Waals surface area contributed by atoms with Crippen LogP contribution in [0.15, 0.2) is 0 Å². The van der Waals surface area contributed by atoms with E-state index in [1.54, 1.807) is 0 Å². The van der Waals surface area contributed by atoms with Crippen molar-refractivity contribution in [3.63, 3.8) is 0 Å². The molecular weight excluding hydrogens is 280 g/mol. The highest BCUT2D eigenvalue weighted by Gasteiger charge is 2.23. The van der Waals surface area contributed by atoms with Crippen molar-refractivity contribution in [2.45, 2.75) is 83.5 Å². The van der Waals surface area contributed by atoms with Crippen molar-refractivity contribution in [1.82, 2.24) is 14.8 Å². The van der Waals surface area contributed by atoms with Crippen LogP contribution in [0.1, 0.15) is 64.1 Å². The van der Waals surface area contributed by atoms with Crippen molar-refractivity contribution < 1.29 is 9.53 Å². The minimum Gasteiger partial charge on any atom is -0.365 e. The number of amides is 1. The highest BCUT2D eigenvalue weighted by atomic mass is 16.5. The smallest absolute Gasteiger partial charge is 0.255 e. The monoisotopic (exact) mass is 306 g/mol. The molecule has 1 atom stereocenters. The second-order valence-electron chi connectivity index (χ2n) is 6.43. The molecule has 1 aromatic rings. The molecule has 6 nitrogen and oxygen atoms in total. The fourth-order valence-corrected chi connectivity index (χ4v) is 3.34. The van der Waals surface area contributed by atoms with Gasteiger partial charge >= 0.3 is 0 Å². The molecule has 1 saturated carbocycles. The summed E-state index contributed by atoms with van der Waals surface area (Å²) in [4.78, 5) is 12.3. The average Bonchev–Trinajstić information content (AvgIpc) is 2.75. The van der Waals surface area contributed by atoms with Crippen LogP contribution in [-0.2, 0) is 22.5 Å². The zero-order chi connectivity index (χ0) is 15.4. The van der Waals surface area contributed by atoms with Crippen LogP contribution in [-0.4, -0.2) is 32.9 Å². The predicted octanol–water partition coefficient (Wildman–Crippen LogP) is 2.68. The van der Waals surface area contributed by atoms with Crippen molar-refractivity contribution in [2.24, 2.45) is 0 Å². The van der Waals surface area contributed by atoms with E-state index in [-0.39, 0.29) is 12.0 Å². The first-order valence-electron chi connectivity index (χ1n) is 8.62. The maximum absolute atomic E-state index is 12.3. The van der Waals surface area contributed by atoms with Gasteiger partial charge in [0.1, 0.15) is 11.9 Å². The van der Waals surface area contributed by atoms with Crippen molar-refractivity contribution in [3.8, 4) is 0 Å². The Kier molecular flexibility index (Phi) is 5.08. The van der Waals surface area contributed by atoms with Crippen LogP contribution < -0.4 is 5.32 Å². The van der Waals surface area contributed by atoms with Gasteiger partial charge in [0.2, 0.25) is 5.95 Å². The summed E-state index contributed by atoms with van der Waals surface area (Å²) in [7, 11) is 0. The summed E-state index contributed by atoms with van der Waals surface area (Å²) >= 11 is 0. The lowest BCUT2D eigenvalue weighted by Crippen LogP contribution is -2.32. The SMILES string of the molecule is C[C@@H](OC1CCCCCC1)C(=O)Nc1nnc2n1CCCC2. The zero-order valence-electron chi connectivity index (χ0n) is 13.4. The summed E-state index contributed by atoms with van der Waals surface area (Å²) in [5.74, 6) is 1.42. The molecule has 1 aromatic heterocycles. The normalized spacial score (nSPS) is 21.0. The largest absolute Gasteiger partial charge is 0.365 e. The molecular formula is C16H26N4O2. The fraction of sp³-hybridized carbons (Fsp3) is 0.812. The minimum atomic E-state index is -0.445. The van der Waals surface area contributed by atoms with E-state index in [1.165, 1.54) is 25.7 Å². The number of aryl methyl sites for hydroxylation is 1. The first-order valence-corrected chi connectivity index (χ1v) is 8.62. The molecule has 22 heavy (non-hydrogen) atoms. The van der Waals surface area contributed by atoms with Crippen LogP contribution in [0.3, 0.4) is 0 Å². The van der Waals surface area contributed by atoms with E-state index in [9.17, 15) is 4.79 Å². The quantitative estimate of drug-likeness (QED) is 0.868. The van der Waals surface area contributed by atoms with Gasteiger partial charge in [-0.05, 0) is 32.6 Å². The first-order chi connectivity index (χ1) is 10.7. The van der Waals surface area contributed by atoms with Gasteiger partial charge < -0.3 is 4.74 Å². The molecule has 3 rings (SSSR count). The van der Waals surface area contributed by atoms with Crippen LogP contribution in [0.4, 0.5) is 5.95 Å². The van der Waals surface area contributed by atoms with E-state index >= 15 is 0 Å². The highest BCUT2D eigenvalue weighted by molar-refractivity contribution is 5.92. The molecule has 0 aromatic carbocycles. The van der Waals surface area contributed by atoms with Gasteiger partial charge in [0.25, 0.3) is 5.91 Å². The Morgan fingerprint density at radius 2 is 1.95 bits per heavy atom. The summed E-state index contributed by atoms with van der Waals surface area (Å²) in [5, 5.41) is 11.1. The number of anilines is 1. The van der Waals surface area contributed by atoms with Gasteiger partial charge in [-0.3, -0.25) is 14.7 Å². The molecule has 2 heterocycles. The molecule has 1 aliphatic heterocycles. The predicted molar refractivity (Wildman–Crippen MR) is 83.6 cm³/mol. The molecule has 1 N–H and O–H groups in total. The Bertz CT molecular complexity index is 506. The second-order valence-corrected chi connectivity index (χ2v) is 6.43. The van der Waals surface area contributed by atoms with Crippen molar-refractivity contribution in [2.75, 3.05) is 5.32 Å². The van der Waals surface area contributed by atoms with Crippen LogP contribution in [0.2, 0.25) is 0 Å². The lowest BCUT2D eigenvalue weighted by atomic mass is 10.1. The van der Waals surface area contributed by atoms with Gasteiger partial charge in [0.05, 0.1) is 6.10 Å².